The molecule has 26 heavy (non-hydrogen) atoms. The Morgan fingerprint density at radius 3 is 2.50 bits per heavy atom. The van der Waals surface area contributed by atoms with E-state index < -0.39 is 39.0 Å². The Kier molecular flexibility index (Phi) is 4.34. The lowest BCUT2D eigenvalue weighted by atomic mass is 10.0. The average molecular weight is 372 g/mol. The Morgan fingerprint density at radius 1 is 1.27 bits per heavy atom. The zero-order valence-electron chi connectivity index (χ0n) is 13.6. The van der Waals surface area contributed by atoms with Crippen molar-refractivity contribution in [2.75, 3.05) is 0 Å². The van der Waals surface area contributed by atoms with Crippen LogP contribution in [-0.2, 0) is 14.6 Å². The molecular formula is C18H13FN2O4S. The smallest absolute Gasteiger partial charge is 0.307 e. The summed E-state index contributed by atoms with van der Waals surface area (Å²) in [4.78, 5) is 14.6. The van der Waals surface area contributed by atoms with Gasteiger partial charge in [0, 0.05) is 5.22 Å². The van der Waals surface area contributed by atoms with Crippen molar-refractivity contribution < 1.29 is 22.7 Å². The minimum Gasteiger partial charge on any atom is -0.481 e. The van der Waals surface area contributed by atoms with Crippen molar-refractivity contribution in [3.8, 4) is 6.07 Å². The summed E-state index contributed by atoms with van der Waals surface area (Å²) in [6.07, 6.45) is -0.434. The summed E-state index contributed by atoms with van der Waals surface area (Å²) in [7, 11) is -4.27. The zero-order valence-corrected chi connectivity index (χ0v) is 14.4. The fourth-order valence-corrected chi connectivity index (χ4v) is 4.51. The number of nitriles is 1. The van der Waals surface area contributed by atoms with E-state index in [1.165, 1.54) is 30.3 Å². The van der Waals surface area contributed by atoms with Gasteiger partial charge in [0.25, 0.3) is 0 Å². The van der Waals surface area contributed by atoms with Crippen LogP contribution < -0.4 is 10.6 Å². The van der Waals surface area contributed by atoms with Crippen LogP contribution in [-0.4, -0.2) is 25.5 Å². The molecular weight excluding hydrogens is 359 g/mol. The van der Waals surface area contributed by atoms with Crippen molar-refractivity contribution in [3.63, 3.8) is 0 Å². The highest BCUT2D eigenvalue weighted by atomic mass is 32.2. The molecule has 1 aliphatic heterocycles. The van der Waals surface area contributed by atoms with E-state index in [0.717, 1.165) is 6.07 Å². The standard InChI is InChI=1S/C18H13FN2O4S/c1-10-13(8-16(22)23)17-15(21-10)7-6-14(19)18(17)26(24,25)12-4-2-11(9-20)3-5-12/h2-7,10H,8H2,1H3,(H,22,23). The second kappa shape index (κ2) is 6.35. The summed E-state index contributed by atoms with van der Waals surface area (Å²) < 4.78 is 40.6. The molecule has 0 saturated carbocycles. The number of hydrogen-bond acceptors (Lipinski definition) is 5. The first-order chi connectivity index (χ1) is 12.3. The van der Waals surface area contributed by atoms with Gasteiger partial charge in [0.2, 0.25) is 9.84 Å². The summed E-state index contributed by atoms with van der Waals surface area (Å²) in [5.41, 5.74) is 0.517. The second-order valence-electron chi connectivity index (χ2n) is 5.81. The van der Waals surface area contributed by atoms with Crippen LogP contribution >= 0.6 is 0 Å². The molecule has 132 valence electrons. The van der Waals surface area contributed by atoms with Gasteiger partial charge in [-0.05, 0) is 48.9 Å². The third-order valence-corrected chi connectivity index (χ3v) is 5.98. The zero-order chi connectivity index (χ0) is 19.1. The Hall–Kier alpha value is -3.05. The van der Waals surface area contributed by atoms with Gasteiger partial charge in [-0.2, -0.15) is 5.26 Å². The molecule has 0 spiro atoms. The van der Waals surface area contributed by atoms with Crippen molar-refractivity contribution in [2.45, 2.75) is 29.2 Å². The highest BCUT2D eigenvalue weighted by Crippen LogP contribution is 2.23. The van der Waals surface area contributed by atoms with Crippen molar-refractivity contribution in [1.29, 1.82) is 5.26 Å². The maximum Gasteiger partial charge on any atom is 0.307 e. The van der Waals surface area contributed by atoms with E-state index in [2.05, 4.69) is 4.99 Å². The Labute approximate surface area is 148 Å². The number of fused-ring (bicyclic) bond motifs is 1. The third-order valence-electron chi connectivity index (χ3n) is 4.15. The van der Waals surface area contributed by atoms with Crippen LogP contribution in [0.25, 0.3) is 5.57 Å². The van der Waals surface area contributed by atoms with Crippen LogP contribution in [0.1, 0.15) is 18.9 Å². The summed E-state index contributed by atoms with van der Waals surface area (Å²) in [5.74, 6) is -2.12. The van der Waals surface area contributed by atoms with Crippen LogP contribution in [0, 0.1) is 17.1 Å². The predicted molar refractivity (Wildman–Crippen MR) is 88.9 cm³/mol. The molecule has 1 N–H and O–H groups in total. The molecule has 1 heterocycles. The van der Waals surface area contributed by atoms with E-state index in [1.54, 1.807) is 6.92 Å². The van der Waals surface area contributed by atoms with Crippen molar-refractivity contribution in [3.05, 3.63) is 58.4 Å². The summed E-state index contributed by atoms with van der Waals surface area (Å²) >= 11 is 0. The quantitative estimate of drug-likeness (QED) is 0.867. The fourth-order valence-electron chi connectivity index (χ4n) is 2.95. The SMILES string of the molecule is CC1N=c2ccc(F)c(S(=O)(=O)c3ccc(C#N)cc3)c2=C1CC(=O)O. The largest absolute Gasteiger partial charge is 0.481 e. The van der Waals surface area contributed by atoms with Crippen LogP contribution in [0.15, 0.2) is 51.2 Å². The fraction of sp³-hybridized carbons (Fsp3) is 0.167. The number of rotatable bonds is 4. The first-order valence-electron chi connectivity index (χ1n) is 7.62. The van der Waals surface area contributed by atoms with Crippen LogP contribution in [0.3, 0.4) is 0 Å². The maximum absolute atomic E-state index is 14.6. The Balaban J connectivity index is 2.35. The lowest BCUT2D eigenvalue weighted by Gasteiger charge is -2.09. The van der Waals surface area contributed by atoms with E-state index in [1.807, 2.05) is 6.07 Å². The van der Waals surface area contributed by atoms with Crippen molar-refractivity contribution in [1.82, 2.24) is 0 Å². The van der Waals surface area contributed by atoms with Crippen LogP contribution in [0.5, 0.6) is 0 Å². The predicted octanol–water partition coefficient (Wildman–Crippen LogP) is 1.18. The summed E-state index contributed by atoms with van der Waals surface area (Å²) in [6, 6.07) is 8.76. The molecule has 2 aromatic rings. The molecule has 3 rings (SSSR count). The molecule has 8 heteroatoms. The van der Waals surface area contributed by atoms with Crippen molar-refractivity contribution >= 4 is 21.4 Å². The number of carboxylic acids is 1. The highest BCUT2D eigenvalue weighted by molar-refractivity contribution is 7.91. The summed E-state index contributed by atoms with van der Waals surface area (Å²) in [6.45, 7) is 1.63. The first kappa shape index (κ1) is 17.8. The number of carbonyl (C=O) groups is 1. The van der Waals surface area contributed by atoms with Gasteiger partial charge in [0.1, 0.15) is 10.7 Å². The van der Waals surface area contributed by atoms with E-state index in [-0.39, 0.29) is 26.6 Å². The van der Waals surface area contributed by atoms with Gasteiger partial charge in [0.05, 0.1) is 34.3 Å². The topological polar surface area (TPSA) is 108 Å². The van der Waals surface area contributed by atoms with E-state index >= 15 is 0 Å². The monoisotopic (exact) mass is 372 g/mol. The lowest BCUT2D eigenvalue weighted by molar-refractivity contribution is -0.135. The number of carboxylic acid groups (broad SMARTS) is 1. The number of hydrogen-bond donors (Lipinski definition) is 1. The van der Waals surface area contributed by atoms with Gasteiger partial charge < -0.3 is 5.11 Å². The van der Waals surface area contributed by atoms with Gasteiger partial charge in [-0.25, -0.2) is 12.8 Å². The number of halogens is 1. The molecule has 1 unspecified atom stereocenters. The van der Waals surface area contributed by atoms with Gasteiger partial charge >= 0.3 is 5.97 Å². The van der Waals surface area contributed by atoms with Crippen LogP contribution in [0.4, 0.5) is 4.39 Å². The normalized spacial score (nSPS) is 15.9. The second-order valence-corrected chi connectivity index (χ2v) is 7.70. The highest BCUT2D eigenvalue weighted by Gasteiger charge is 2.29. The van der Waals surface area contributed by atoms with Gasteiger partial charge in [0.15, 0.2) is 0 Å². The Morgan fingerprint density at radius 2 is 1.92 bits per heavy atom. The van der Waals surface area contributed by atoms with Gasteiger partial charge in [-0.1, -0.05) is 0 Å². The van der Waals surface area contributed by atoms with Crippen LogP contribution in [0.2, 0.25) is 0 Å². The molecule has 0 amide bonds. The van der Waals surface area contributed by atoms with E-state index in [4.69, 9.17) is 10.4 Å². The molecule has 0 fully saturated rings. The van der Waals surface area contributed by atoms with E-state index in [0.29, 0.717) is 0 Å². The molecule has 0 bridgehead atoms. The molecule has 1 aliphatic rings. The van der Waals surface area contributed by atoms with Crippen molar-refractivity contribution in [2.24, 2.45) is 4.99 Å². The number of benzene rings is 2. The molecule has 1 atom stereocenters. The van der Waals surface area contributed by atoms with Gasteiger partial charge in [-0.3, -0.25) is 9.79 Å². The summed E-state index contributed by atoms with van der Waals surface area (Å²) in [5, 5.41) is 18.2. The number of aliphatic carboxylic acids is 1. The number of nitrogens with zero attached hydrogens (tertiary/aromatic N) is 2. The Bertz CT molecular complexity index is 1180. The number of sulfone groups is 1. The van der Waals surface area contributed by atoms with E-state index in [9.17, 15) is 17.6 Å². The average Bonchev–Trinajstić information content (AvgIpc) is 2.90. The molecule has 2 aromatic carbocycles. The maximum atomic E-state index is 14.6. The minimum absolute atomic E-state index is 0.0178. The van der Waals surface area contributed by atoms with Gasteiger partial charge in [-0.15, -0.1) is 0 Å². The molecule has 0 radical (unpaired) electrons. The lowest BCUT2D eigenvalue weighted by Crippen LogP contribution is -2.32. The molecule has 6 nitrogen and oxygen atoms in total. The molecule has 0 aliphatic carbocycles. The third kappa shape index (κ3) is 2.86. The molecule has 0 saturated heterocycles. The first-order valence-corrected chi connectivity index (χ1v) is 9.10. The minimum atomic E-state index is -4.27. The molecule has 0 aromatic heterocycles.